The first-order valence-corrected chi connectivity index (χ1v) is 4.96. The summed E-state index contributed by atoms with van der Waals surface area (Å²) in [7, 11) is 0. The van der Waals surface area contributed by atoms with Crippen molar-refractivity contribution in [2.24, 2.45) is 5.92 Å². The van der Waals surface area contributed by atoms with Gasteiger partial charge in [0.15, 0.2) is 0 Å². The molecule has 0 fully saturated rings. The number of hydrogen-bond donors (Lipinski definition) is 1. The molecule has 1 rings (SSSR count). The molecule has 0 saturated carbocycles. The number of pyridine rings is 1. The number of carbonyl (C=O) groups excluding carboxylic acids is 1. The minimum Gasteiger partial charge on any atom is -0.350 e. The minimum atomic E-state index is -0.523. The summed E-state index contributed by atoms with van der Waals surface area (Å²) >= 11 is 0. The fourth-order valence-electron chi connectivity index (χ4n) is 1.18. The average Bonchev–Trinajstić information content (AvgIpc) is 2.14. The maximum atomic E-state index is 12.7. The molecular weight excluding hydrogens is 195 g/mol. The van der Waals surface area contributed by atoms with Gasteiger partial charge in [-0.05, 0) is 18.1 Å². The molecule has 82 valence electrons. The van der Waals surface area contributed by atoms with Gasteiger partial charge in [0, 0.05) is 6.42 Å². The molecule has 0 atom stereocenters. The number of carbonyl (C=O) groups is 1. The summed E-state index contributed by atoms with van der Waals surface area (Å²) in [5.74, 6) is -0.230. The summed E-state index contributed by atoms with van der Waals surface area (Å²) in [6.45, 7) is 4.23. The molecule has 1 aromatic heterocycles. The lowest BCUT2D eigenvalue weighted by atomic mass is 10.1. The monoisotopic (exact) mass is 210 g/mol. The number of hydrogen-bond acceptors (Lipinski definition) is 2. The Balaban J connectivity index is 2.40. The van der Waals surface area contributed by atoms with Gasteiger partial charge >= 0.3 is 0 Å². The van der Waals surface area contributed by atoms with E-state index < -0.39 is 5.95 Å². The first-order valence-electron chi connectivity index (χ1n) is 4.96. The summed E-state index contributed by atoms with van der Waals surface area (Å²) in [5, 5.41) is 2.69. The lowest BCUT2D eigenvalue weighted by molar-refractivity contribution is -0.121. The van der Waals surface area contributed by atoms with Crippen LogP contribution in [0.15, 0.2) is 18.2 Å². The second-order valence-corrected chi connectivity index (χ2v) is 3.83. The summed E-state index contributed by atoms with van der Waals surface area (Å²) in [6, 6.07) is 4.53. The highest BCUT2D eigenvalue weighted by atomic mass is 19.1. The van der Waals surface area contributed by atoms with Crippen molar-refractivity contribution >= 4 is 5.91 Å². The largest absolute Gasteiger partial charge is 0.350 e. The molecule has 1 amide bonds. The molecule has 3 nitrogen and oxygen atoms in total. The normalized spacial score (nSPS) is 10.4. The Hall–Kier alpha value is -1.45. The first kappa shape index (κ1) is 11.6. The van der Waals surface area contributed by atoms with Crippen molar-refractivity contribution in [1.29, 1.82) is 0 Å². The Bertz CT molecular complexity index is 339. The number of nitrogens with one attached hydrogen (secondary N) is 1. The van der Waals surface area contributed by atoms with Crippen molar-refractivity contribution in [3.63, 3.8) is 0 Å². The van der Waals surface area contributed by atoms with Crippen molar-refractivity contribution in [3.8, 4) is 0 Å². The summed E-state index contributed by atoms with van der Waals surface area (Å²) in [4.78, 5) is 14.9. The Labute approximate surface area is 88.7 Å². The molecule has 0 aliphatic carbocycles. The van der Waals surface area contributed by atoms with E-state index in [1.54, 1.807) is 12.1 Å². The third kappa shape index (κ3) is 4.54. The van der Waals surface area contributed by atoms with E-state index in [9.17, 15) is 9.18 Å². The molecule has 1 heterocycles. The van der Waals surface area contributed by atoms with E-state index in [-0.39, 0.29) is 12.5 Å². The number of rotatable bonds is 4. The smallest absolute Gasteiger partial charge is 0.220 e. The van der Waals surface area contributed by atoms with Gasteiger partial charge in [0.1, 0.15) is 0 Å². The number of halogens is 1. The molecule has 0 unspecified atom stereocenters. The van der Waals surface area contributed by atoms with E-state index in [1.807, 2.05) is 13.8 Å². The average molecular weight is 210 g/mol. The predicted octanol–water partition coefficient (Wildman–Crippen LogP) is 1.88. The van der Waals surface area contributed by atoms with Crippen LogP contribution >= 0.6 is 0 Å². The third-order valence-corrected chi connectivity index (χ3v) is 1.83. The third-order valence-electron chi connectivity index (χ3n) is 1.83. The Morgan fingerprint density at radius 2 is 2.27 bits per heavy atom. The van der Waals surface area contributed by atoms with Crippen LogP contribution in [-0.4, -0.2) is 10.9 Å². The van der Waals surface area contributed by atoms with Gasteiger partial charge in [-0.15, -0.1) is 0 Å². The molecule has 0 spiro atoms. The fraction of sp³-hybridized carbons (Fsp3) is 0.455. The molecule has 0 aliphatic rings. The maximum Gasteiger partial charge on any atom is 0.220 e. The van der Waals surface area contributed by atoms with Crippen molar-refractivity contribution in [1.82, 2.24) is 10.3 Å². The van der Waals surface area contributed by atoms with Crippen molar-refractivity contribution in [2.75, 3.05) is 0 Å². The number of nitrogens with zero attached hydrogens (tertiary/aromatic N) is 1. The lowest BCUT2D eigenvalue weighted by Gasteiger charge is -2.06. The first-order chi connectivity index (χ1) is 7.08. The molecule has 0 bridgehead atoms. The fourth-order valence-corrected chi connectivity index (χ4v) is 1.18. The van der Waals surface area contributed by atoms with Gasteiger partial charge in [-0.25, -0.2) is 4.98 Å². The Morgan fingerprint density at radius 1 is 1.53 bits per heavy atom. The summed E-state index contributed by atoms with van der Waals surface area (Å²) < 4.78 is 12.7. The zero-order chi connectivity index (χ0) is 11.3. The standard InChI is InChI=1S/C11H15FN2O/c1-8(2)6-11(15)13-7-9-4-3-5-10(12)14-9/h3-5,8H,6-7H2,1-2H3,(H,13,15). The molecule has 0 aromatic carbocycles. The number of aromatic nitrogens is 1. The number of amides is 1. The topological polar surface area (TPSA) is 42.0 Å². The van der Waals surface area contributed by atoms with E-state index in [0.717, 1.165) is 0 Å². The van der Waals surface area contributed by atoms with E-state index in [1.165, 1.54) is 6.07 Å². The van der Waals surface area contributed by atoms with Crippen LogP contribution in [0.25, 0.3) is 0 Å². The SMILES string of the molecule is CC(C)CC(=O)NCc1cccc(F)n1. The van der Waals surface area contributed by atoms with Crippen LogP contribution in [0.1, 0.15) is 26.0 Å². The highest BCUT2D eigenvalue weighted by Gasteiger charge is 2.04. The van der Waals surface area contributed by atoms with Gasteiger partial charge < -0.3 is 5.32 Å². The molecule has 0 radical (unpaired) electrons. The van der Waals surface area contributed by atoms with Crippen LogP contribution in [0, 0.1) is 11.9 Å². The van der Waals surface area contributed by atoms with Crippen molar-refractivity contribution in [3.05, 3.63) is 29.8 Å². The van der Waals surface area contributed by atoms with Gasteiger partial charge in [0.05, 0.1) is 12.2 Å². The quantitative estimate of drug-likeness (QED) is 0.771. The molecule has 1 N–H and O–H groups in total. The van der Waals surface area contributed by atoms with Crippen LogP contribution in [0.4, 0.5) is 4.39 Å². The summed E-state index contributed by atoms with van der Waals surface area (Å²) in [6.07, 6.45) is 0.481. The zero-order valence-corrected chi connectivity index (χ0v) is 8.96. The van der Waals surface area contributed by atoms with E-state index in [2.05, 4.69) is 10.3 Å². The van der Waals surface area contributed by atoms with E-state index in [4.69, 9.17) is 0 Å². The van der Waals surface area contributed by atoms with Crippen LogP contribution in [0.5, 0.6) is 0 Å². The van der Waals surface area contributed by atoms with Gasteiger partial charge in [-0.1, -0.05) is 19.9 Å². The highest BCUT2D eigenvalue weighted by molar-refractivity contribution is 5.75. The molecule has 4 heteroatoms. The lowest BCUT2D eigenvalue weighted by Crippen LogP contribution is -2.24. The molecule has 15 heavy (non-hydrogen) atoms. The minimum absolute atomic E-state index is 0.0314. The highest BCUT2D eigenvalue weighted by Crippen LogP contribution is 2.00. The zero-order valence-electron chi connectivity index (χ0n) is 8.96. The van der Waals surface area contributed by atoms with Gasteiger partial charge in [0.2, 0.25) is 11.9 Å². The maximum absolute atomic E-state index is 12.7. The van der Waals surface area contributed by atoms with Crippen LogP contribution in [0.2, 0.25) is 0 Å². The van der Waals surface area contributed by atoms with Gasteiger partial charge in [0.25, 0.3) is 0 Å². The van der Waals surface area contributed by atoms with Crippen molar-refractivity contribution < 1.29 is 9.18 Å². The molecule has 1 aromatic rings. The van der Waals surface area contributed by atoms with Crippen LogP contribution < -0.4 is 5.32 Å². The predicted molar refractivity (Wildman–Crippen MR) is 55.5 cm³/mol. The molecular formula is C11H15FN2O. The van der Waals surface area contributed by atoms with Crippen LogP contribution in [0.3, 0.4) is 0 Å². The second-order valence-electron chi connectivity index (χ2n) is 3.83. The van der Waals surface area contributed by atoms with E-state index >= 15 is 0 Å². The Kier molecular flexibility index (Phi) is 4.21. The Morgan fingerprint density at radius 3 is 2.87 bits per heavy atom. The van der Waals surface area contributed by atoms with Gasteiger partial charge in [-0.2, -0.15) is 4.39 Å². The summed E-state index contributed by atoms with van der Waals surface area (Å²) in [5.41, 5.74) is 0.534. The van der Waals surface area contributed by atoms with Gasteiger partial charge in [-0.3, -0.25) is 4.79 Å². The molecule has 0 saturated heterocycles. The van der Waals surface area contributed by atoms with Crippen LogP contribution in [-0.2, 0) is 11.3 Å². The van der Waals surface area contributed by atoms with Crippen molar-refractivity contribution in [2.45, 2.75) is 26.8 Å². The van der Waals surface area contributed by atoms with E-state index in [0.29, 0.717) is 18.0 Å². The molecule has 0 aliphatic heterocycles. The second kappa shape index (κ2) is 5.44.